The van der Waals surface area contributed by atoms with Gasteiger partial charge in [-0.1, -0.05) is 0 Å². The van der Waals surface area contributed by atoms with E-state index in [1.165, 1.54) is 12.1 Å². The number of halogens is 1. The molecule has 1 rings (SSSR count). The number of hydrogen-bond acceptors (Lipinski definition) is 5. The number of benzene rings is 1. The molecule has 0 heterocycles. The van der Waals surface area contributed by atoms with Gasteiger partial charge in [-0.3, -0.25) is 10.1 Å². The van der Waals surface area contributed by atoms with Crippen LogP contribution in [0.25, 0.3) is 0 Å². The summed E-state index contributed by atoms with van der Waals surface area (Å²) in [6.45, 7) is 2.80. The molecular formula is C14H21FN2O4. The molecule has 6 nitrogen and oxygen atoms in total. The lowest BCUT2D eigenvalue weighted by molar-refractivity contribution is -0.385. The second-order valence-corrected chi connectivity index (χ2v) is 4.52. The number of ether oxygens (including phenoxy) is 2. The van der Waals surface area contributed by atoms with Gasteiger partial charge in [0.05, 0.1) is 18.1 Å². The number of nitrogens with one attached hydrogen (secondary N) is 1. The van der Waals surface area contributed by atoms with Crippen molar-refractivity contribution >= 4 is 5.69 Å². The highest BCUT2D eigenvalue weighted by Gasteiger charge is 2.13. The molecule has 0 spiro atoms. The van der Waals surface area contributed by atoms with Gasteiger partial charge in [-0.2, -0.15) is 0 Å². The molecule has 0 aliphatic heterocycles. The molecule has 0 saturated carbocycles. The van der Waals surface area contributed by atoms with Crippen molar-refractivity contribution in [3.05, 3.63) is 39.7 Å². The van der Waals surface area contributed by atoms with Crippen LogP contribution in [-0.4, -0.2) is 38.4 Å². The summed E-state index contributed by atoms with van der Waals surface area (Å²) < 4.78 is 23.3. The van der Waals surface area contributed by atoms with Crippen LogP contribution in [0.15, 0.2) is 18.2 Å². The van der Waals surface area contributed by atoms with E-state index in [-0.39, 0.29) is 12.2 Å². The lowest BCUT2D eigenvalue weighted by Crippen LogP contribution is -2.16. The minimum atomic E-state index is -0.500. The van der Waals surface area contributed by atoms with Crippen LogP contribution in [0, 0.1) is 15.9 Å². The van der Waals surface area contributed by atoms with E-state index in [0.29, 0.717) is 31.9 Å². The lowest BCUT2D eigenvalue weighted by Gasteiger charge is -2.06. The molecule has 0 atom stereocenters. The predicted molar refractivity (Wildman–Crippen MR) is 76.7 cm³/mol. The van der Waals surface area contributed by atoms with Crippen molar-refractivity contribution in [2.45, 2.75) is 19.4 Å². The topological polar surface area (TPSA) is 73.6 Å². The second kappa shape index (κ2) is 10.2. The zero-order valence-electron chi connectivity index (χ0n) is 12.1. The van der Waals surface area contributed by atoms with E-state index >= 15 is 0 Å². The van der Waals surface area contributed by atoms with Crippen LogP contribution in [-0.2, 0) is 16.0 Å². The molecule has 7 heteroatoms. The van der Waals surface area contributed by atoms with Gasteiger partial charge in [0, 0.05) is 31.9 Å². The summed E-state index contributed by atoms with van der Waals surface area (Å²) >= 11 is 0. The number of hydrogen-bond donors (Lipinski definition) is 1. The molecule has 0 bridgehead atoms. The number of nitro groups is 1. The number of nitrogens with zero attached hydrogens (tertiary/aromatic N) is 1. The summed E-state index contributed by atoms with van der Waals surface area (Å²) in [5.74, 6) is -0.469. The highest BCUT2D eigenvalue weighted by molar-refractivity contribution is 5.40. The summed E-state index contributed by atoms with van der Waals surface area (Å²) in [6.07, 6.45) is 1.78. The fourth-order valence-electron chi connectivity index (χ4n) is 1.80. The fourth-order valence-corrected chi connectivity index (χ4v) is 1.80. The Morgan fingerprint density at radius 3 is 2.81 bits per heavy atom. The van der Waals surface area contributed by atoms with Crippen molar-refractivity contribution in [2.75, 3.05) is 33.5 Å². The van der Waals surface area contributed by atoms with Gasteiger partial charge >= 0.3 is 0 Å². The molecule has 0 fully saturated rings. The molecule has 0 unspecified atom stereocenters. The van der Waals surface area contributed by atoms with Crippen LogP contribution in [0.2, 0.25) is 0 Å². The van der Waals surface area contributed by atoms with E-state index in [1.807, 2.05) is 0 Å². The molecule has 0 saturated heterocycles. The van der Waals surface area contributed by atoms with Gasteiger partial charge in [-0.05, 0) is 31.5 Å². The average Bonchev–Trinajstić information content (AvgIpc) is 2.45. The number of rotatable bonds is 11. The Bertz CT molecular complexity index is 443. The molecule has 21 heavy (non-hydrogen) atoms. The number of nitro benzene ring substituents is 1. The molecule has 0 aromatic heterocycles. The molecular weight excluding hydrogens is 279 g/mol. The van der Waals surface area contributed by atoms with Crippen LogP contribution in [0.4, 0.5) is 10.1 Å². The minimum Gasteiger partial charge on any atom is -0.382 e. The van der Waals surface area contributed by atoms with Gasteiger partial charge in [-0.15, -0.1) is 0 Å². The van der Waals surface area contributed by atoms with Gasteiger partial charge < -0.3 is 14.8 Å². The minimum absolute atomic E-state index is 0.0631. The van der Waals surface area contributed by atoms with Crippen LogP contribution < -0.4 is 5.32 Å². The molecule has 0 aliphatic carbocycles. The first kappa shape index (κ1) is 17.5. The maximum Gasteiger partial charge on any atom is 0.274 e. The maximum atomic E-state index is 13.1. The molecule has 1 aromatic carbocycles. The molecule has 1 N–H and O–H groups in total. The maximum absolute atomic E-state index is 13.1. The Labute approximate surface area is 123 Å². The average molecular weight is 300 g/mol. The standard InChI is InChI=1S/C14H21FN2O4/c1-20-8-9-21-7-3-2-6-16-11-12-10-13(15)4-5-14(12)17(18)19/h4-5,10,16H,2-3,6-9,11H2,1H3. The van der Waals surface area contributed by atoms with E-state index in [9.17, 15) is 14.5 Å². The Balaban J connectivity index is 2.21. The number of methoxy groups -OCH3 is 1. The monoisotopic (exact) mass is 300 g/mol. The summed E-state index contributed by atoms with van der Waals surface area (Å²) in [5, 5.41) is 13.9. The van der Waals surface area contributed by atoms with E-state index < -0.39 is 10.7 Å². The van der Waals surface area contributed by atoms with Crippen molar-refractivity contribution in [3.63, 3.8) is 0 Å². The van der Waals surface area contributed by atoms with Gasteiger partial charge in [0.1, 0.15) is 5.82 Å². The van der Waals surface area contributed by atoms with E-state index in [2.05, 4.69) is 5.32 Å². The first-order valence-electron chi connectivity index (χ1n) is 6.85. The Hall–Kier alpha value is -1.57. The third kappa shape index (κ3) is 7.12. The van der Waals surface area contributed by atoms with Crippen LogP contribution >= 0.6 is 0 Å². The lowest BCUT2D eigenvalue weighted by atomic mass is 10.1. The largest absolute Gasteiger partial charge is 0.382 e. The van der Waals surface area contributed by atoms with Gasteiger partial charge in [0.15, 0.2) is 0 Å². The van der Waals surface area contributed by atoms with Crippen LogP contribution in [0.3, 0.4) is 0 Å². The van der Waals surface area contributed by atoms with Crippen LogP contribution in [0.1, 0.15) is 18.4 Å². The highest BCUT2D eigenvalue weighted by Crippen LogP contribution is 2.19. The first-order valence-corrected chi connectivity index (χ1v) is 6.85. The molecule has 0 radical (unpaired) electrons. The smallest absolute Gasteiger partial charge is 0.274 e. The summed E-state index contributed by atoms with van der Waals surface area (Å²) in [5.41, 5.74) is 0.295. The van der Waals surface area contributed by atoms with E-state index in [0.717, 1.165) is 18.9 Å². The Morgan fingerprint density at radius 1 is 1.29 bits per heavy atom. The first-order chi connectivity index (χ1) is 10.1. The summed E-state index contributed by atoms with van der Waals surface area (Å²) in [7, 11) is 1.62. The van der Waals surface area contributed by atoms with Crippen molar-refractivity contribution in [2.24, 2.45) is 0 Å². The molecule has 0 amide bonds. The normalized spacial score (nSPS) is 10.8. The fraction of sp³-hybridized carbons (Fsp3) is 0.571. The Morgan fingerprint density at radius 2 is 2.10 bits per heavy atom. The third-order valence-electron chi connectivity index (χ3n) is 2.88. The second-order valence-electron chi connectivity index (χ2n) is 4.52. The summed E-state index contributed by atoms with van der Waals surface area (Å²) in [6, 6.07) is 3.48. The quantitative estimate of drug-likeness (QED) is 0.385. The molecule has 118 valence electrons. The predicted octanol–water partition coefficient (Wildman–Crippen LogP) is 2.27. The van der Waals surface area contributed by atoms with Crippen molar-refractivity contribution < 1.29 is 18.8 Å². The van der Waals surface area contributed by atoms with Crippen molar-refractivity contribution in [1.29, 1.82) is 0 Å². The van der Waals surface area contributed by atoms with Crippen molar-refractivity contribution in [3.8, 4) is 0 Å². The SMILES string of the molecule is COCCOCCCCNCc1cc(F)ccc1[N+](=O)[O-]. The van der Waals surface area contributed by atoms with Gasteiger partial charge in [-0.25, -0.2) is 4.39 Å². The van der Waals surface area contributed by atoms with Crippen molar-refractivity contribution in [1.82, 2.24) is 5.32 Å². The van der Waals surface area contributed by atoms with E-state index in [4.69, 9.17) is 9.47 Å². The highest BCUT2D eigenvalue weighted by atomic mass is 19.1. The zero-order chi connectivity index (χ0) is 15.5. The van der Waals surface area contributed by atoms with Crippen LogP contribution in [0.5, 0.6) is 0 Å². The number of unbranched alkanes of at least 4 members (excludes halogenated alkanes) is 1. The summed E-state index contributed by atoms with van der Waals surface area (Å²) in [4.78, 5) is 10.3. The molecule has 1 aromatic rings. The Kier molecular flexibility index (Phi) is 8.49. The van der Waals surface area contributed by atoms with Gasteiger partial charge in [0.25, 0.3) is 5.69 Å². The van der Waals surface area contributed by atoms with Gasteiger partial charge in [0.2, 0.25) is 0 Å². The molecule has 0 aliphatic rings. The van der Waals surface area contributed by atoms with E-state index in [1.54, 1.807) is 7.11 Å². The third-order valence-corrected chi connectivity index (χ3v) is 2.88. The zero-order valence-corrected chi connectivity index (χ0v) is 12.1.